The van der Waals surface area contributed by atoms with Crippen molar-refractivity contribution >= 4 is 17.3 Å². The van der Waals surface area contributed by atoms with Crippen LogP contribution in [0.5, 0.6) is 5.88 Å². The van der Waals surface area contributed by atoms with Gasteiger partial charge in [-0.3, -0.25) is 0 Å². The number of carboxylic acid groups (broad SMARTS) is 1. The highest BCUT2D eigenvalue weighted by Crippen LogP contribution is 2.21. The van der Waals surface area contributed by atoms with Gasteiger partial charge in [0.1, 0.15) is 6.61 Å². The van der Waals surface area contributed by atoms with Crippen LogP contribution < -0.4 is 4.74 Å². The second kappa shape index (κ2) is 6.41. The Morgan fingerprint density at radius 2 is 1.73 bits per heavy atom. The van der Waals surface area contributed by atoms with Gasteiger partial charge in [0.15, 0.2) is 0 Å². The number of ether oxygens (including phenoxy) is 1. The summed E-state index contributed by atoms with van der Waals surface area (Å²) in [6.07, 6.45) is 0. The van der Waals surface area contributed by atoms with E-state index in [2.05, 4.69) is 17.1 Å². The molecule has 5 heteroatoms. The molecule has 22 heavy (non-hydrogen) atoms. The van der Waals surface area contributed by atoms with E-state index in [1.165, 1.54) is 5.56 Å². The van der Waals surface area contributed by atoms with Gasteiger partial charge < -0.3 is 9.84 Å². The highest BCUT2D eigenvalue weighted by Gasteiger charge is 2.09. The Hall–Kier alpha value is -2.66. The predicted octanol–water partition coefficient (Wildman–Crippen LogP) is 4.09. The molecule has 1 heterocycles. The molecule has 1 N–H and O–H groups in total. The first-order valence-corrected chi connectivity index (χ1v) is 7.56. The largest absolute Gasteiger partial charge is 0.476 e. The Kier molecular flexibility index (Phi) is 4.16. The lowest BCUT2D eigenvalue weighted by molar-refractivity contribution is 0.0695. The van der Waals surface area contributed by atoms with E-state index in [1.807, 2.05) is 42.5 Å². The van der Waals surface area contributed by atoms with Crippen molar-refractivity contribution in [1.82, 2.24) is 4.98 Å². The normalized spacial score (nSPS) is 10.4. The molecule has 0 radical (unpaired) electrons. The van der Waals surface area contributed by atoms with Gasteiger partial charge in [0.05, 0.1) is 5.38 Å². The second-order valence-electron chi connectivity index (χ2n) is 4.65. The number of hydrogen-bond donors (Lipinski definition) is 1. The zero-order valence-corrected chi connectivity index (χ0v) is 12.4. The molecule has 0 fully saturated rings. The maximum absolute atomic E-state index is 10.8. The Morgan fingerprint density at radius 1 is 1.05 bits per heavy atom. The van der Waals surface area contributed by atoms with Crippen LogP contribution in [0, 0.1) is 0 Å². The summed E-state index contributed by atoms with van der Waals surface area (Å²) in [6.45, 7) is 0.359. The summed E-state index contributed by atoms with van der Waals surface area (Å²) in [5.74, 6) is -0.693. The first kappa shape index (κ1) is 14.3. The second-order valence-corrected chi connectivity index (χ2v) is 5.51. The minimum atomic E-state index is -1.04. The molecule has 1 aromatic heterocycles. The van der Waals surface area contributed by atoms with Crippen LogP contribution in [0.15, 0.2) is 60.0 Å². The van der Waals surface area contributed by atoms with Crippen molar-refractivity contribution in [3.63, 3.8) is 0 Å². The number of carbonyl (C=O) groups is 1. The number of benzene rings is 2. The van der Waals surface area contributed by atoms with Crippen molar-refractivity contribution in [3.8, 4) is 17.0 Å². The number of aromatic nitrogens is 1. The fourth-order valence-electron chi connectivity index (χ4n) is 2.00. The van der Waals surface area contributed by atoms with E-state index in [0.29, 0.717) is 12.5 Å². The van der Waals surface area contributed by atoms with Gasteiger partial charge in [-0.25, -0.2) is 4.79 Å². The lowest BCUT2D eigenvalue weighted by Crippen LogP contribution is -1.98. The molecule has 3 aromatic rings. The highest BCUT2D eigenvalue weighted by atomic mass is 32.1. The smallest absolute Gasteiger partial charge is 0.365 e. The predicted molar refractivity (Wildman–Crippen MR) is 85.3 cm³/mol. The van der Waals surface area contributed by atoms with Crippen LogP contribution >= 0.6 is 11.3 Å². The Bertz CT molecular complexity index is 766. The summed E-state index contributed by atoms with van der Waals surface area (Å²) < 4.78 is 5.50. The zero-order chi connectivity index (χ0) is 15.4. The van der Waals surface area contributed by atoms with Crippen molar-refractivity contribution in [2.75, 3.05) is 0 Å². The van der Waals surface area contributed by atoms with Crippen LogP contribution in [0.1, 0.15) is 15.4 Å². The third-order valence-corrected chi connectivity index (χ3v) is 3.92. The molecule has 2 aromatic carbocycles. The summed E-state index contributed by atoms with van der Waals surface area (Å²) in [5, 5.41) is 10.5. The Balaban J connectivity index is 1.65. The molecule has 0 saturated carbocycles. The SMILES string of the molecule is O=C(O)c1nc(OCc2ccc(-c3ccccc3)cc2)cs1. The minimum absolute atomic E-state index is 0.0365. The summed E-state index contributed by atoms with van der Waals surface area (Å²) in [4.78, 5) is 14.6. The van der Waals surface area contributed by atoms with Crippen molar-refractivity contribution in [2.45, 2.75) is 6.61 Å². The van der Waals surface area contributed by atoms with Crippen LogP contribution in [-0.2, 0) is 6.61 Å². The van der Waals surface area contributed by atoms with Gasteiger partial charge in [0, 0.05) is 0 Å². The van der Waals surface area contributed by atoms with Crippen LogP contribution in [0.4, 0.5) is 0 Å². The maximum atomic E-state index is 10.8. The summed E-state index contributed by atoms with van der Waals surface area (Å²) in [7, 11) is 0. The van der Waals surface area contributed by atoms with Crippen molar-refractivity contribution in [3.05, 3.63) is 70.5 Å². The van der Waals surface area contributed by atoms with E-state index in [9.17, 15) is 4.79 Å². The van der Waals surface area contributed by atoms with Gasteiger partial charge in [-0.2, -0.15) is 4.98 Å². The molecule has 3 rings (SSSR count). The monoisotopic (exact) mass is 311 g/mol. The summed E-state index contributed by atoms with van der Waals surface area (Å²) in [6, 6.07) is 18.2. The fraction of sp³-hybridized carbons (Fsp3) is 0.0588. The molecule has 0 saturated heterocycles. The van der Waals surface area contributed by atoms with E-state index in [4.69, 9.17) is 9.84 Å². The molecule has 0 unspecified atom stereocenters. The molecular weight excluding hydrogens is 298 g/mol. The van der Waals surface area contributed by atoms with Gasteiger partial charge in [0.2, 0.25) is 10.9 Å². The maximum Gasteiger partial charge on any atom is 0.365 e. The molecule has 110 valence electrons. The van der Waals surface area contributed by atoms with Crippen LogP contribution in [0.25, 0.3) is 11.1 Å². The highest BCUT2D eigenvalue weighted by molar-refractivity contribution is 7.11. The molecule has 0 aliphatic rings. The van der Waals surface area contributed by atoms with Crippen LogP contribution in [0.3, 0.4) is 0 Å². The first-order valence-electron chi connectivity index (χ1n) is 6.68. The lowest BCUT2D eigenvalue weighted by Gasteiger charge is -2.05. The van der Waals surface area contributed by atoms with Gasteiger partial charge in [-0.05, 0) is 16.7 Å². The standard InChI is InChI=1S/C17H13NO3S/c19-17(20)16-18-15(11-22-16)21-10-12-6-8-14(9-7-12)13-4-2-1-3-5-13/h1-9,11H,10H2,(H,19,20). The molecule has 0 atom stereocenters. The lowest BCUT2D eigenvalue weighted by atomic mass is 10.0. The minimum Gasteiger partial charge on any atom is -0.476 e. The molecule has 0 amide bonds. The average molecular weight is 311 g/mol. The third kappa shape index (κ3) is 3.32. The molecule has 0 spiro atoms. The molecule has 4 nitrogen and oxygen atoms in total. The summed E-state index contributed by atoms with van der Waals surface area (Å²) >= 11 is 1.06. The quantitative estimate of drug-likeness (QED) is 0.771. The Morgan fingerprint density at radius 3 is 2.36 bits per heavy atom. The van der Waals surface area contributed by atoms with E-state index in [1.54, 1.807) is 5.38 Å². The molecule has 0 aliphatic carbocycles. The van der Waals surface area contributed by atoms with E-state index < -0.39 is 5.97 Å². The van der Waals surface area contributed by atoms with Gasteiger partial charge in [0.25, 0.3) is 0 Å². The Labute approximate surface area is 131 Å². The zero-order valence-electron chi connectivity index (χ0n) is 11.6. The number of rotatable bonds is 5. The van der Waals surface area contributed by atoms with E-state index in [0.717, 1.165) is 22.5 Å². The van der Waals surface area contributed by atoms with E-state index in [-0.39, 0.29) is 5.01 Å². The van der Waals surface area contributed by atoms with Crippen LogP contribution in [0.2, 0.25) is 0 Å². The number of nitrogens with zero attached hydrogens (tertiary/aromatic N) is 1. The molecular formula is C17H13NO3S. The van der Waals surface area contributed by atoms with Gasteiger partial charge in [-0.15, -0.1) is 11.3 Å². The van der Waals surface area contributed by atoms with Crippen molar-refractivity contribution in [2.24, 2.45) is 0 Å². The topological polar surface area (TPSA) is 59.4 Å². The van der Waals surface area contributed by atoms with Crippen molar-refractivity contribution in [1.29, 1.82) is 0 Å². The first-order chi connectivity index (χ1) is 10.7. The number of thiazole rings is 1. The van der Waals surface area contributed by atoms with Crippen LogP contribution in [-0.4, -0.2) is 16.1 Å². The average Bonchev–Trinajstić information content (AvgIpc) is 3.04. The van der Waals surface area contributed by atoms with Gasteiger partial charge >= 0.3 is 5.97 Å². The summed E-state index contributed by atoms with van der Waals surface area (Å²) in [5.41, 5.74) is 3.32. The van der Waals surface area contributed by atoms with E-state index >= 15 is 0 Å². The molecule has 0 aliphatic heterocycles. The number of hydrogen-bond acceptors (Lipinski definition) is 4. The number of carboxylic acids is 1. The van der Waals surface area contributed by atoms with Gasteiger partial charge in [-0.1, -0.05) is 54.6 Å². The fourth-order valence-corrected chi connectivity index (χ4v) is 2.58. The third-order valence-electron chi connectivity index (χ3n) is 3.11. The molecule has 0 bridgehead atoms. The number of aromatic carboxylic acids is 1. The van der Waals surface area contributed by atoms with Crippen molar-refractivity contribution < 1.29 is 14.6 Å².